The molecule has 0 spiro atoms. The zero-order valence-electron chi connectivity index (χ0n) is 24.1. The van der Waals surface area contributed by atoms with Crippen molar-refractivity contribution in [1.29, 1.82) is 0 Å². The van der Waals surface area contributed by atoms with Gasteiger partial charge in [0.2, 0.25) is 11.8 Å². The van der Waals surface area contributed by atoms with E-state index in [-0.39, 0.29) is 39.1 Å². The van der Waals surface area contributed by atoms with E-state index in [0.29, 0.717) is 0 Å². The Morgan fingerprint density at radius 1 is 0.905 bits per heavy atom. The van der Waals surface area contributed by atoms with Crippen molar-refractivity contribution in [3.8, 4) is 0 Å². The van der Waals surface area contributed by atoms with E-state index < -0.39 is 28.5 Å². The number of hydrogen-bond acceptors (Lipinski definition) is 4. The van der Waals surface area contributed by atoms with Crippen LogP contribution in [-0.4, -0.2) is 43.8 Å². The molecule has 42 heavy (non-hydrogen) atoms. The molecule has 3 aromatic carbocycles. The zero-order chi connectivity index (χ0) is 30.4. The summed E-state index contributed by atoms with van der Waals surface area (Å²) < 4.78 is 29.0. The first-order chi connectivity index (χ1) is 20.0. The van der Waals surface area contributed by atoms with Crippen LogP contribution >= 0.6 is 23.2 Å². The third-order valence-corrected chi connectivity index (χ3v) is 10.3. The molecule has 3 aromatic rings. The van der Waals surface area contributed by atoms with E-state index in [0.717, 1.165) is 53.1 Å². The maximum absolute atomic E-state index is 14.1. The Morgan fingerprint density at radius 3 is 2.12 bits per heavy atom. The number of benzene rings is 3. The molecule has 0 aromatic heterocycles. The largest absolute Gasteiger partial charge is 0.352 e. The van der Waals surface area contributed by atoms with Gasteiger partial charge < -0.3 is 10.2 Å². The summed E-state index contributed by atoms with van der Waals surface area (Å²) in [5.74, 6) is -0.815. The molecule has 0 aliphatic heterocycles. The molecule has 1 aliphatic rings. The molecule has 4 rings (SSSR count). The molecule has 2 amide bonds. The average molecular weight is 631 g/mol. The zero-order valence-corrected chi connectivity index (χ0v) is 26.5. The molecule has 0 bridgehead atoms. The van der Waals surface area contributed by atoms with E-state index in [1.54, 1.807) is 31.2 Å². The van der Waals surface area contributed by atoms with Crippen molar-refractivity contribution in [2.24, 2.45) is 0 Å². The Bertz CT molecular complexity index is 1510. The molecule has 0 radical (unpaired) electrons. The SMILES string of the molecule is Cc1ccc(CN(C(=O)CN(c2cccc(Cl)c2Cl)S(=O)(=O)c2ccc(C)cc2)[C@@H](C)C(=O)NC2CCCCC2)cc1. The van der Waals surface area contributed by atoms with Crippen LogP contribution in [0.5, 0.6) is 0 Å². The third-order valence-electron chi connectivity index (χ3n) is 7.68. The highest BCUT2D eigenvalue weighted by atomic mass is 35.5. The van der Waals surface area contributed by atoms with E-state index in [4.69, 9.17) is 23.2 Å². The van der Waals surface area contributed by atoms with E-state index in [2.05, 4.69) is 5.32 Å². The maximum atomic E-state index is 14.1. The lowest BCUT2D eigenvalue weighted by Gasteiger charge is -2.33. The highest BCUT2D eigenvalue weighted by Crippen LogP contribution is 2.35. The van der Waals surface area contributed by atoms with Crippen LogP contribution in [0, 0.1) is 13.8 Å². The van der Waals surface area contributed by atoms with Gasteiger partial charge in [-0.15, -0.1) is 0 Å². The Kier molecular flexibility index (Phi) is 10.6. The summed E-state index contributed by atoms with van der Waals surface area (Å²) in [6.07, 6.45) is 5.06. The van der Waals surface area contributed by atoms with Crippen LogP contribution in [0.2, 0.25) is 10.0 Å². The second-order valence-corrected chi connectivity index (χ2v) is 13.6. The highest BCUT2D eigenvalue weighted by Gasteiger charge is 2.34. The number of carbonyl (C=O) groups is 2. The van der Waals surface area contributed by atoms with E-state index in [9.17, 15) is 18.0 Å². The number of sulfonamides is 1. The molecule has 0 saturated heterocycles. The fourth-order valence-electron chi connectivity index (χ4n) is 5.08. The second-order valence-electron chi connectivity index (χ2n) is 10.9. The highest BCUT2D eigenvalue weighted by molar-refractivity contribution is 7.92. The topological polar surface area (TPSA) is 86.8 Å². The molecule has 0 unspecified atom stereocenters. The molecule has 1 fully saturated rings. The van der Waals surface area contributed by atoms with Crippen molar-refractivity contribution in [1.82, 2.24) is 10.2 Å². The third kappa shape index (κ3) is 7.65. The van der Waals surface area contributed by atoms with Crippen molar-refractivity contribution >= 4 is 50.7 Å². The van der Waals surface area contributed by atoms with Gasteiger partial charge in [0.1, 0.15) is 12.6 Å². The summed E-state index contributed by atoms with van der Waals surface area (Å²) in [5.41, 5.74) is 2.85. The number of halogens is 2. The van der Waals surface area contributed by atoms with Crippen LogP contribution in [0.15, 0.2) is 71.6 Å². The number of hydrogen-bond donors (Lipinski definition) is 1. The predicted octanol–water partition coefficient (Wildman–Crippen LogP) is 6.67. The monoisotopic (exact) mass is 629 g/mol. The number of nitrogens with zero attached hydrogens (tertiary/aromatic N) is 2. The number of amides is 2. The van der Waals surface area contributed by atoms with Crippen molar-refractivity contribution in [3.63, 3.8) is 0 Å². The van der Waals surface area contributed by atoms with Crippen LogP contribution in [0.3, 0.4) is 0 Å². The minimum atomic E-state index is -4.24. The Balaban J connectivity index is 1.70. The number of aryl methyl sites for hydroxylation is 2. The summed E-state index contributed by atoms with van der Waals surface area (Å²) >= 11 is 12.8. The Morgan fingerprint density at radius 2 is 1.50 bits per heavy atom. The van der Waals surface area contributed by atoms with Crippen molar-refractivity contribution < 1.29 is 18.0 Å². The fraction of sp³-hybridized carbons (Fsp3) is 0.375. The van der Waals surface area contributed by atoms with Gasteiger partial charge in [0.15, 0.2) is 0 Å². The maximum Gasteiger partial charge on any atom is 0.264 e. The van der Waals surface area contributed by atoms with Gasteiger partial charge in [-0.2, -0.15) is 0 Å². The molecule has 10 heteroatoms. The molecular weight excluding hydrogens is 593 g/mol. The van der Waals surface area contributed by atoms with Gasteiger partial charge in [0.05, 0.1) is 20.6 Å². The number of rotatable bonds is 10. The Hall–Kier alpha value is -3.07. The first kappa shape index (κ1) is 31.9. The van der Waals surface area contributed by atoms with E-state index >= 15 is 0 Å². The van der Waals surface area contributed by atoms with Gasteiger partial charge in [0.25, 0.3) is 10.0 Å². The lowest BCUT2D eigenvalue weighted by Crippen LogP contribution is -2.53. The van der Waals surface area contributed by atoms with Gasteiger partial charge in [-0.3, -0.25) is 13.9 Å². The van der Waals surface area contributed by atoms with Gasteiger partial charge in [0, 0.05) is 12.6 Å². The van der Waals surface area contributed by atoms with Crippen LogP contribution in [0.4, 0.5) is 5.69 Å². The van der Waals surface area contributed by atoms with Crippen molar-refractivity contribution in [2.75, 3.05) is 10.8 Å². The van der Waals surface area contributed by atoms with Crippen LogP contribution in [0.1, 0.15) is 55.7 Å². The molecular formula is C32H37Cl2N3O4S. The Labute approximate surface area is 258 Å². The molecule has 0 heterocycles. The summed E-state index contributed by atoms with van der Waals surface area (Å²) in [4.78, 5) is 29.0. The first-order valence-corrected chi connectivity index (χ1v) is 16.4. The number of nitrogens with one attached hydrogen (secondary N) is 1. The molecule has 1 aliphatic carbocycles. The standard InChI is InChI=1S/C32H37Cl2N3O4S/c1-22-12-16-25(17-13-22)20-36(24(3)32(39)35-26-8-5-4-6-9-26)30(38)21-37(29-11-7-10-28(33)31(29)34)42(40,41)27-18-14-23(2)15-19-27/h7,10-19,24,26H,4-6,8-9,20-21H2,1-3H3,(H,35,39)/t24-/m0/s1. The van der Waals surface area contributed by atoms with Gasteiger partial charge in [-0.05, 0) is 63.4 Å². The summed E-state index contributed by atoms with van der Waals surface area (Å²) in [7, 11) is -4.24. The van der Waals surface area contributed by atoms with Gasteiger partial charge in [-0.1, -0.05) is 96.1 Å². The van der Waals surface area contributed by atoms with Crippen LogP contribution in [-0.2, 0) is 26.2 Å². The predicted molar refractivity (Wildman–Crippen MR) is 168 cm³/mol. The molecule has 7 nitrogen and oxygen atoms in total. The minimum absolute atomic E-state index is 0.00474. The normalized spacial score (nSPS) is 14.7. The quantitative estimate of drug-likeness (QED) is 0.271. The smallest absolute Gasteiger partial charge is 0.264 e. The van der Waals surface area contributed by atoms with Crippen molar-refractivity contribution in [3.05, 3.63) is 93.5 Å². The molecule has 1 atom stereocenters. The molecule has 1 saturated carbocycles. The van der Waals surface area contributed by atoms with E-state index in [1.807, 2.05) is 38.1 Å². The first-order valence-electron chi connectivity index (χ1n) is 14.2. The lowest BCUT2D eigenvalue weighted by atomic mass is 9.95. The van der Waals surface area contributed by atoms with Crippen LogP contribution in [0.25, 0.3) is 0 Å². The van der Waals surface area contributed by atoms with Crippen molar-refractivity contribution in [2.45, 2.75) is 76.4 Å². The average Bonchev–Trinajstić information content (AvgIpc) is 2.97. The number of anilines is 1. The second kappa shape index (κ2) is 13.9. The fourth-order valence-corrected chi connectivity index (χ4v) is 6.95. The number of carbonyl (C=O) groups excluding carboxylic acids is 2. The van der Waals surface area contributed by atoms with Gasteiger partial charge >= 0.3 is 0 Å². The molecule has 224 valence electrons. The molecule has 1 N–H and O–H groups in total. The lowest BCUT2D eigenvalue weighted by molar-refractivity contribution is -0.139. The van der Waals surface area contributed by atoms with Crippen LogP contribution < -0.4 is 9.62 Å². The van der Waals surface area contributed by atoms with E-state index in [1.165, 1.54) is 23.1 Å². The summed E-state index contributed by atoms with van der Waals surface area (Å²) in [6, 6.07) is 17.9. The minimum Gasteiger partial charge on any atom is -0.352 e. The summed E-state index contributed by atoms with van der Waals surface area (Å²) in [6.45, 7) is 5.04. The van der Waals surface area contributed by atoms with Gasteiger partial charge in [-0.25, -0.2) is 8.42 Å². The summed E-state index contributed by atoms with van der Waals surface area (Å²) in [5, 5.41) is 3.27.